The van der Waals surface area contributed by atoms with Crippen LogP contribution in [0.3, 0.4) is 0 Å². The summed E-state index contributed by atoms with van der Waals surface area (Å²) in [5.74, 6) is 0.353. The van der Waals surface area contributed by atoms with E-state index in [9.17, 15) is 18.3 Å². The molecule has 0 radical (unpaired) electrons. The van der Waals surface area contributed by atoms with E-state index in [1.165, 1.54) is 16.9 Å². The van der Waals surface area contributed by atoms with E-state index in [1.807, 2.05) is 0 Å². The topological polar surface area (TPSA) is 87.9 Å². The van der Waals surface area contributed by atoms with Crippen LogP contribution in [-0.4, -0.2) is 44.0 Å². The van der Waals surface area contributed by atoms with E-state index < -0.39 is 17.3 Å². The van der Waals surface area contributed by atoms with E-state index in [2.05, 4.69) is 26.0 Å². The molecule has 28 heavy (non-hydrogen) atoms. The molecule has 3 N–H and O–H groups in total. The summed E-state index contributed by atoms with van der Waals surface area (Å²) >= 11 is 0. The van der Waals surface area contributed by atoms with Gasteiger partial charge in [-0.15, -0.1) is 10.2 Å². The van der Waals surface area contributed by atoms with E-state index >= 15 is 0 Å². The summed E-state index contributed by atoms with van der Waals surface area (Å²) in [5.41, 5.74) is 0.191. The summed E-state index contributed by atoms with van der Waals surface area (Å²) < 4.78 is 38.1. The first-order valence-electron chi connectivity index (χ1n) is 8.57. The van der Waals surface area contributed by atoms with Crippen LogP contribution in [0.4, 0.5) is 24.5 Å². The number of anilines is 2. The van der Waals surface area contributed by atoms with E-state index in [0.29, 0.717) is 35.9 Å². The average molecular weight is 390 g/mol. The van der Waals surface area contributed by atoms with Crippen LogP contribution in [0.1, 0.15) is 5.56 Å². The molecular formula is C18H17F3N6O. The van der Waals surface area contributed by atoms with Crippen molar-refractivity contribution in [3.05, 3.63) is 54.1 Å². The van der Waals surface area contributed by atoms with Gasteiger partial charge < -0.3 is 15.7 Å². The van der Waals surface area contributed by atoms with E-state index in [-0.39, 0.29) is 6.54 Å². The Balaban J connectivity index is 1.55. The Morgan fingerprint density at radius 1 is 1.11 bits per heavy atom. The van der Waals surface area contributed by atoms with Crippen molar-refractivity contribution < 1.29 is 18.3 Å². The third kappa shape index (κ3) is 3.82. The molecule has 4 rings (SSSR count). The third-order valence-corrected chi connectivity index (χ3v) is 4.46. The summed E-state index contributed by atoms with van der Waals surface area (Å²) in [6.45, 7) is 1.16. The Kier molecular flexibility index (Phi) is 4.52. The molecule has 7 nitrogen and oxygen atoms in total. The molecule has 0 amide bonds. The van der Waals surface area contributed by atoms with Crippen LogP contribution in [0.15, 0.2) is 48.5 Å². The maximum atomic E-state index is 12.7. The molecular weight excluding hydrogens is 373 g/mol. The quantitative estimate of drug-likeness (QED) is 0.620. The first kappa shape index (κ1) is 18.4. The van der Waals surface area contributed by atoms with Crippen molar-refractivity contribution in [3.8, 4) is 11.4 Å². The van der Waals surface area contributed by atoms with Crippen molar-refractivity contribution >= 4 is 11.4 Å². The summed E-state index contributed by atoms with van der Waals surface area (Å²) in [5, 5.41) is 28.6. The first-order valence-corrected chi connectivity index (χ1v) is 8.57. The number of rotatable bonds is 5. The number of β-amino-alcohol motifs (C(OH)–C–C–N with tert-alkyl or cyclic N) is 1. The number of alkyl halides is 3. The molecule has 0 saturated carbocycles. The molecule has 146 valence electrons. The van der Waals surface area contributed by atoms with Crippen LogP contribution in [0.25, 0.3) is 11.4 Å². The fourth-order valence-corrected chi connectivity index (χ4v) is 2.89. The lowest BCUT2D eigenvalue weighted by Crippen LogP contribution is -2.61. The molecule has 0 atom stereocenters. The predicted octanol–water partition coefficient (Wildman–Crippen LogP) is 2.44. The minimum atomic E-state index is -4.38. The van der Waals surface area contributed by atoms with Gasteiger partial charge >= 0.3 is 6.18 Å². The van der Waals surface area contributed by atoms with Gasteiger partial charge in [-0.2, -0.15) is 18.0 Å². The molecule has 0 unspecified atom stereocenters. The Labute approximate surface area is 158 Å². The number of nitrogens with one attached hydrogen (secondary N) is 2. The molecule has 1 fully saturated rings. The number of aliphatic hydroxyl groups is 1. The monoisotopic (exact) mass is 390 g/mol. The minimum absolute atomic E-state index is 0.224. The largest absolute Gasteiger partial charge is 0.416 e. The minimum Gasteiger partial charge on any atom is -0.385 e. The van der Waals surface area contributed by atoms with Gasteiger partial charge in [-0.3, -0.25) is 0 Å². The molecule has 2 heterocycles. The fourth-order valence-electron chi connectivity index (χ4n) is 2.89. The third-order valence-electron chi connectivity index (χ3n) is 4.46. The molecule has 2 aromatic carbocycles. The van der Waals surface area contributed by atoms with Crippen molar-refractivity contribution in [1.29, 1.82) is 0 Å². The van der Waals surface area contributed by atoms with Gasteiger partial charge in [0, 0.05) is 30.0 Å². The maximum absolute atomic E-state index is 12.7. The van der Waals surface area contributed by atoms with Gasteiger partial charge in [0.2, 0.25) is 5.82 Å². The second kappa shape index (κ2) is 6.88. The van der Waals surface area contributed by atoms with E-state index in [0.717, 1.165) is 12.1 Å². The molecule has 0 aliphatic carbocycles. The van der Waals surface area contributed by atoms with Gasteiger partial charge in [0.15, 0.2) is 0 Å². The lowest BCUT2D eigenvalue weighted by Gasteiger charge is -2.36. The van der Waals surface area contributed by atoms with Crippen LogP contribution in [0, 0.1) is 0 Å². The van der Waals surface area contributed by atoms with Crippen LogP contribution < -0.4 is 10.6 Å². The highest BCUT2D eigenvalue weighted by Crippen LogP contribution is 2.32. The number of para-hydroxylation sites is 1. The number of hydrogen-bond donors (Lipinski definition) is 3. The van der Waals surface area contributed by atoms with E-state index in [4.69, 9.17) is 0 Å². The van der Waals surface area contributed by atoms with Gasteiger partial charge in [-0.05, 0) is 41.6 Å². The number of benzene rings is 2. The molecule has 0 spiro atoms. The summed E-state index contributed by atoms with van der Waals surface area (Å²) in [6, 6.07) is 11.9. The standard InChI is InChI=1S/C18H17F3N6O/c19-18(20,21)12-5-7-13(8-6-12)23-15-4-2-1-3-14(15)16-24-26-27(25-16)11-17(28)9-22-10-17/h1-8,22-23,28H,9-11H2. The van der Waals surface area contributed by atoms with Crippen LogP contribution in [-0.2, 0) is 12.7 Å². The zero-order valence-corrected chi connectivity index (χ0v) is 14.6. The number of tetrazole rings is 1. The second-order valence-electron chi connectivity index (χ2n) is 6.72. The van der Waals surface area contributed by atoms with Gasteiger partial charge in [-0.25, -0.2) is 0 Å². The Morgan fingerprint density at radius 2 is 1.82 bits per heavy atom. The highest BCUT2D eigenvalue weighted by Gasteiger charge is 2.35. The lowest BCUT2D eigenvalue weighted by atomic mass is 9.98. The van der Waals surface area contributed by atoms with Gasteiger partial charge in [-0.1, -0.05) is 12.1 Å². The number of nitrogens with zero attached hydrogens (tertiary/aromatic N) is 4. The van der Waals surface area contributed by atoms with Gasteiger partial charge in [0.25, 0.3) is 0 Å². The number of hydrogen-bond acceptors (Lipinski definition) is 6. The molecule has 1 aliphatic rings. The van der Waals surface area contributed by atoms with Crippen molar-refractivity contribution in [1.82, 2.24) is 25.5 Å². The van der Waals surface area contributed by atoms with Crippen molar-refractivity contribution in [2.45, 2.75) is 18.3 Å². The van der Waals surface area contributed by atoms with Crippen molar-refractivity contribution in [3.63, 3.8) is 0 Å². The summed E-state index contributed by atoms with van der Waals surface area (Å²) in [6.07, 6.45) is -4.38. The fraction of sp³-hybridized carbons (Fsp3) is 0.278. The lowest BCUT2D eigenvalue weighted by molar-refractivity contribution is -0.137. The van der Waals surface area contributed by atoms with Gasteiger partial charge in [0.1, 0.15) is 5.60 Å². The molecule has 0 bridgehead atoms. The van der Waals surface area contributed by atoms with Crippen molar-refractivity contribution in [2.24, 2.45) is 0 Å². The predicted molar refractivity (Wildman–Crippen MR) is 95.8 cm³/mol. The maximum Gasteiger partial charge on any atom is 0.416 e. The summed E-state index contributed by atoms with van der Waals surface area (Å²) in [7, 11) is 0. The second-order valence-corrected chi connectivity index (χ2v) is 6.72. The highest BCUT2D eigenvalue weighted by atomic mass is 19.4. The van der Waals surface area contributed by atoms with Gasteiger partial charge in [0.05, 0.1) is 12.1 Å². The normalized spacial score (nSPS) is 15.9. The number of halogens is 3. The Morgan fingerprint density at radius 3 is 2.46 bits per heavy atom. The molecule has 3 aromatic rings. The highest BCUT2D eigenvalue weighted by molar-refractivity contribution is 5.77. The average Bonchev–Trinajstić information content (AvgIpc) is 3.09. The Hall–Kier alpha value is -2.98. The Bertz CT molecular complexity index is 966. The van der Waals surface area contributed by atoms with Crippen molar-refractivity contribution in [2.75, 3.05) is 18.4 Å². The zero-order valence-electron chi connectivity index (χ0n) is 14.6. The zero-order chi connectivity index (χ0) is 19.8. The molecule has 10 heteroatoms. The van der Waals surface area contributed by atoms with Crippen LogP contribution in [0.2, 0.25) is 0 Å². The summed E-state index contributed by atoms with van der Waals surface area (Å²) in [4.78, 5) is 1.34. The van der Waals surface area contributed by atoms with Crippen LogP contribution in [0.5, 0.6) is 0 Å². The molecule has 1 saturated heterocycles. The molecule has 1 aromatic heterocycles. The molecule has 1 aliphatic heterocycles. The first-order chi connectivity index (χ1) is 13.3. The van der Waals surface area contributed by atoms with Crippen LogP contribution >= 0.6 is 0 Å². The SMILES string of the molecule is OC1(Cn2nnc(-c3ccccc3Nc3ccc(C(F)(F)F)cc3)n2)CNC1. The smallest absolute Gasteiger partial charge is 0.385 e. The van der Waals surface area contributed by atoms with E-state index in [1.54, 1.807) is 24.3 Å². The number of aromatic nitrogens is 4.